The Balaban J connectivity index is 2.44. The van der Waals surface area contributed by atoms with Gasteiger partial charge in [0.05, 0.1) is 0 Å². The summed E-state index contributed by atoms with van der Waals surface area (Å²) in [6.07, 6.45) is 8.47. The van der Waals surface area contributed by atoms with Gasteiger partial charge in [-0.25, -0.2) is 0 Å². The first-order chi connectivity index (χ1) is 9.75. The first-order valence-electron chi connectivity index (χ1n) is 8.48. The molecule has 2 aliphatic rings. The van der Waals surface area contributed by atoms with Crippen molar-refractivity contribution in [3.8, 4) is 0 Å². The number of hydrogen-bond acceptors (Lipinski definition) is 2. The predicted molar refractivity (Wildman–Crippen MR) is 88.1 cm³/mol. The second-order valence-corrected chi connectivity index (χ2v) is 8.05. The molecule has 0 amide bonds. The predicted octanol–water partition coefficient (Wildman–Crippen LogP) is 5.18. The number of rotatable bonds is 4. The highest BCUT2D eigenvalue weighted by molar-refractivity contribution is 5.25. The number of methoxy groups -OCH3 is 2. The van der Waals surface area contributed by atoms with E-state index in [-0.39, 0.29) is 11.7 Å². The zero-order valence-corrected chi connectivity index (χ0v) is 15.1. The fraction of sp³-hybridized carbons (Fsp3) is 0.895. The molecule has 2 nitrogen and oxygen atoms in total. The molecular formula is C19H34O2. The van der Waals surface area contributed by atoms with Crippen LogP contribution in [0.25, 0.3) is 0 Å². The van der Waals surface area contributed by atoms with E-state index < -0.39 is 0 Å². The molecule has 2 rings (SSSR count). The van der Waals surface area contributed by atoms with Gasteiger partial charge in [-0.2, -0.15) is 0 Å². The van der Waals surface area contributed by atoms with E-state index in [0.717, 1.165) is 6.42 Å². The molecule has 0 heterocycles. The largest absolute Gasteiger partial charge is 0.356 e. The van der Waals surface area contributed by atoms with Gasteiger partial charge in [-0.1, -0.05) is 39.3 Å². The fourth-order valence-corrected chi connectivity index (χ4v) is 5.31. The molecule has 21 heavy (non-hydrogen) atoms. The molecule has 0 saturated heterocycles. The van der Waals surface area contributed by atoms with Gasteiger partial charge in [0.15, 0.2) is 6.29 Å². The third-order valence-corrected chi connectivity index (χ3v) is 7.73. The van der Waals surface area contributed by atoms with E-state index in [4.69, 9.17) is 9.47 Å². The summed E-state index contributed by atoms with van der Waals surface area (Å²) in [4.78, 5) is 0. The summed E-state index contributed by atoms with van der Waals surface area (Å²) in [5, 5.41) is 0. The third kappa shape index (κ3) is 2.30. The van der Waals surface area contributed by atoms with Gasteiger partial charge in [-0.15, -0.1) is 0 Å². The molecule has 1 saturated carbocycles. The van der Waals surface area contributed by atoms with E-state index in [1.54, 1.807) is 19.8 Å². The zero-order valence-electron chi connectivity index (χ0n) is 15.1. The minimum Gasteiger partial charge on any atom is -0.356 e. The maximum absolute atomic E-state index is 5.56. The van der Waals surface area contributed by atoms with Crippen molar-refractivity contribution in [3.05, 3.63) is 11.6 Å². The summed E-state index contributed by atoms with van der Waals surface area (Å²) >= 11 is 0. The first-order valence-corrected chi connectivity index (χ1v) is 8.48. The zero-order chi connectivity index (χ0) is 15.9. The molecule has 0 bridgehead atoms. The third-order valence-electron chi connectivity index (χ3n) is 7.73. The summed E-state index contributed by atoms with van der Waals surface area (Å²) < 4.78 is 11.1. The van der Waals surface area contributed by atoms with E-state index in [1.807, 2.05) is 0 Å². The lowest BCUT2D eigenvalue weighted by atomic mass is 9.39. The van der Waals surface area contributed by atoms with Gasteiger partial charge in [0, 0.05) is 20.6 Å². The first kappa shape index (κ1) is 17.0. The molecule has 0 radical (unpaired) electrons. The van der Waals surface area contributed by atoms with Crippen molar-refractivity contribution in [1.82, 2.24) is 0 Å². The van der Waals surface area contributed by atoms with Gasteiger partial charge >= 0.3 is 0 Å². The van der Waals surface area contributed by atoms with Gasteiger partial charge in [0.25, 0.3) is 0 Å². The summed E-state index contributed by atoms with van der Waals surface area (Å²) in [6.45, 7) is 12.3. The van der Waals surface area contributed by atoms with Crippen LogP contribution in [0.15, 0.2) is 11.6 Å². The summed E-state index contributed by atoms with van der Waals surface area (Å²) in [5.41, 5.74) is 2.47. The number of fused-ring (bicyclic) bond motifs is 1. The lowest BCUT2D eigenvalue weighted by Gasteiger charge is -2.65. The van der Waals surface area contributed by atoms with Crippen LogP contribution in [0, 0.1) is 22.2 Å². The highest BCUT2D eigenvalue weighted by atomic mass is 16.7. The van der Waals surface area contributed by atoms with E-state index in [1.165, 1.54) is 25.7 Å². The highest BCUT2D eigenvalue weighted by Gasteiger charge is 2.61. The Labute approximate surface area is 131 Å². The normalized spacial score (nSPS) is 43.6. The summed E-state index contributed by atoms with van der Waals surface area (Å²) in [5.74, 6) is 0.703. The van der Waals surface area contributed by atoms with Gasteiger partial charge in [-0.3, -0.25) is 0 Å². The van der Waals surface area contributed by atoms with Gasteiger partial charge in [0.1, 0.15) is 0 Å². The molecule has 0 aromatic rings. The smallest absolute Gasteiger partial charge is 0.157 e. The van der Waals surface area contributed by atoms with E-state index in [0.29, 0.717) is 16.7 Å². The van der Waals surface area contributed by atoms with Crippen LogP contribution in [0.5, 0.6) is 0 Å². The van der Waals surface area contributed by atoms with Crippen LogP contribution >= 0.6 is 0 Å². The van der Waals surface area contributed by atoms with Crippen LogP contribution in [0.2, 0.25) is 0 Å². The summed E-state index contributed by atoms with van der Waals surface area (Å²) in [6, 6.07) is 0. The minimum absolute atomic E-state index is 0.0946. The van der Waals surface area contributed by atoms with E-state index in [2.05, 4.69) is 40.7 Å². The van der Waals surface area contributed by atoms with Crippen molar-refractivity contribution in [2.75, 3.05) is 14.2 Å². The maximum atomic E-state index is 5.56. The molecule has 0 aromatic carbocycles. The Morgan fingerprint density at radius 2 is 1.81 bits per heavy atom. The lowest BCUT2D eigenvalue weighted by Crippen LogP contribution is -2.58. The lowest BCUT2D eigenvalue weighted by molar-refractivity contribution is -0.189. The average Bonchev–Trinajstić information content (AvgIpc) is 2.46. The van der Waals surface area contributed by atoms with Crippen LogP contribution in [0.4, 0.5) is 0 Å². The van der Waals surface area contributed by atoms with Crippen LogP contribution in [0.3, 0.4) is 0 Å². The Morgan fingerprint density at radius 1 is 1.19 bits per heavy atom. The molecule has 0 N–H and O–H groups in total. The van der Waals surface area contributed by atoms with Crippen molar-refractivity contribution in [1.29, 1.82) is 0 Å². The van der Waals surface area contributed by atoms with E-state index in [9.17, 15) is 0 Å². The van der Waals surface area contributed by atoms with Crippen molar-refractivity contribution in [3.63, 3.8) is 0 Å². The minimum atomic E-state index is -0.0946. The molecule has 2 aliphatic carbocycles. The second kappa shape index (κ2) is 5.70. The fourth-order valence-electron chi connectivity index (χ4n) is 5.31. The van der Waals surface area contributed by atoms with E-state index >= 15 is 0 Å². The SMILES string of the molecule is COC(C[C@@]1(C)[C@H](C)CC[C@@]2(C)C(C)=CCC[C@@]21C)OC. The van der Waals surface area contributed by atoms with Crippen LogP contribution < -0.4 is 0 Å². The van der Waals surface area contributed by atoms with Crippen molar-refractivity contribution < 1.29 is 9.47 Å². The quantitative estimate of drug-likeness (QED) is 0.525. The standard InChI is InChI=1S/C19H34O2/c1-14-9-8-11-19(5)17(14,3)12-10-15(2)18(19,4)13-16(20-6)21-7/h9,15-16H,8,10-13H2,1-7H3/t15-,17+,18+,19+/m1/s1. The Morgan fingerprint density at radius 3 is 2.38 bits per heavy atom. The van der Waals surface area contributed by atoms with Crippen LogP contribution in [0.1, 0.15) is 66.7 Å². The Bertz CT molecular complexity index is 412. The number of ether oxygens (including phenoxy) is 2. The molecule has 122 valence electrons. The number of allylic oxidation sites excluding steroid dienone is 2. The van der Waals surface area contributed by atoms with Crippen molar-refractivity contribution in [2.45, 2.75) is 73.0 Å². The molecule has 0 spiro atoms. The van der Waals surface area contributed by atoms with Crippen LogP contribution in [-0.2, 0) is 9.47 Å². The van der Waals surface area contributed by atoms with Crippen LogP contribution in [-0.4, -0.2) is 20.5 Å². The highest BCUT2D eigenvalue weighted by Crippen LogP contribution is 2.69. The molecule has 0 unspecified atom stereocenters. The molecule has 2 heteroatoms. The molecule has 0 aromatic heterocycles. The molecule has 0 aliphatic heterocycles. The van der Waals surface area contributed by atoms with Gasteiger partial charge < -0.3 is 9.47 Å². The molecule has 4 atom stereocenters. The Hall–Kier alpha value is -0.340. The Kier molecular flexibility index (Phi) is 4.62. The van der Waals surface area contributed by atoms with Gasteiger partial charge in [0.2, 0.25) is 0 Å². The number of hydrogen-bond donors (Lipinski definition) is 0. The topological polar surface area (TPSA) is 18.5 Å². The summed E-state index contributed by atoms with van der Waals surface area (Å²) in [7, 11) is 3.52. The second-order valence-electron chi connectivity index (χ2n) is 8.05. The average molecular weight is 294 g/mol. The monoisotopic (exact) mass is 294 g/mol. The van der Waals surface area contributed by atoms with Crippen molar-refractivity contribution in [2.24, 2.45) is 22.2 Å². The molecule has 1 fully saturated rings. The van der Waals surface area contributed by atoms with Gasteiger partial charge in [-0.05, 0) is 54.8 Å². The maximum Gasteiger partial charge on any atom is 0.157 e. The molecular weight excluding hydrogens is 260 g/mol. The van der Waals surface area contributed by atoms with Crippen molar-refractivity contribution >= 4 is 0 Å².